The number of fused-ring (bicyclic) bond motifs is 3. The molecule has 0 bridgehead atoms. The molecule has 142 valence electrons. The number of aromatic nitrogens is 1. The van der Waals surface area contributed by atoms with Crippen molar-refractivity contribution in [3.8, 4) is 0 Å². The summed E-state index contributed by atoms with van der Waals surface area (Å²) in [5.74, 6) is 1.40. The number of ketones is 1. The number of amidine groups is 1. The number of aliphatic imine (C=N–C) groups is 1. The van der Waals surface area contributed by atoms with Crippen LogP contribution in [0.3, 0.4) is 0 Å². The zero-order valence-electron chi connectivity index (χ0n) is 15.8. The Labute approximate surface area is 169 Å². The van der Waals surface area contributed by atoms with Crippen molar-refractivity contribution in [2.24, 2.45) is 16.6 Å². The number of hydrogen-bond donors (Lipinski definition) is 1. The molecule has 2 atom stereocenters. The zero-order chi connectivity index (χ0) is 19.7. The summed E-state index contributed by atoms with van der Waals surface area (Å²) in [5, 5.41) is 0.650. The van der Waals surface area contributed by atoms with Crippen LogP contribution in [-0.4, -0.2) is 21.7 Å². The van der Waals surface area contributed by atoms with E-state index in [2.05, 4.69) is 28.9 Å². The monoisotopic (exact) mass is 390 g/mol. The van der Waals surface area contributed by atoms with Gasteiger partial charge in [0.2, 0.25) is 5.69 Å². The average Bonchev–Trinajstić information content (AvgIpc) is 2.84. The summed E-state index contributed by atoms with van der Waals surface area (Å²) >= 11 is 1.65. The van der Waals surface area contributed by atoms with E-state index in [1.165, 1.54) is 17.3 Å². The van der Waals surface area contributed by atoms with Gasteiger partial charge in [-0.2, -0.15) is 0 Å². The highest BCUT2D eigenvalue weighted by atomic mass is 32.2. The van der Waals surface area contributed by atoms with Crippen LogP contribution in [0.5, 0.6) is 0 Å². The Morgan fingerprint density at radius 2 is 2.25 bits per heavy atom. The maximum absolute atomic E-state index is 12.7. The van der Waals surface area contributed by atoms with E-state index in [0.29, 0.717) is 22.5 Å². The quantitative estimate of drug-likeness (QED) is 0.627. The molecule has 0 saturated heterocycles. The summed E-state index contributed by atoms with van der Waals surface area (Å²) in [6.07, 6.45) is 5.06. The largest absolute Gasteiger partial charge is 0.379 e. The maximum Gasteiger partial charge on any atom is 0.205 e. The van der Waals surface area contributed by atoms with Crippen molar-refractivity contribution in [3.63, 3.8) is 0 Å². The van der Waals surface area contributed by atoms with Crippen molar-refractivity contribution in [1.82, 2.24) is 4.98 Å². The fourth-order valence-electron chi connectivity index (χ4n) is 4.20. The first-order chi connectivity index (χ1) is 13.5. The lowest BCUT2D eigenvalue weighted by Gasteiger charge is -2.37. The van der Waals surface area contributed by atoms with E-state index in [9.17, 15) is 4.79 Å². The lowest BCUT2D eigenvalue weighted by molar-refractivity contribution is 0.0988. The van der Waals surface area contributed by atoms with E-state index >= 15 is 0 Å². The van der Waals surface area contributed by atoms with Gasteiger partial charge in [0.05, 0.1) is 12.1 Å². The Bertz CT molecular complexity index is 993. The molecule has 0 fully saturated rings. The molecule has 1 aliphatic carbocycles. The molecule has 2 aliphatic rings. The van der Waals surface area contributed by atoms with E-state index in [-0.39, 0.29) is 17.7 Å². The molecule has 0 spiro atoms. The highest BCUT2D eigenvalue weighted by molar-refractivity contribution is 8.13. The molecule has 2 aromatic rings. The van der Waals surface area contributed by atoms with Gasteiger partial charge in [0, 0.05) is 18.4 Å². The minimum Gasteiger partial charge on any atom is -0.379 e. The molecular weight excluding hydrogens is 368 g/mol. The molecule has 6 heteroatoms. The van der Waals surface area contributed by atoms with E-state index in [1.807, 2.05) is 6.07 Å². The molecule has 0 saturated carbocycles. The van der Waals surface area contributed by atoms with Crippen molar-refractivity contribution in [3.05, 3.63) is 70.3 Å². The van der Waals surface area contributed by atoms with Gasteiger partial charge in [0.25, 0.3) is 0 Å². The van der Waals surface area contributed by atoms with Gasteiger partial charge in [0.1, 0.15) is 5.69 Å². The molecule has 0 unspecified atom stereocenters. The molecule has 1 aromatic carbocycles. The maximum atomic E-state index is 12.7. The molecule has 5 nitrogen and oxygen atoms in total. The van der Waals surface area contributed by atoms with Gasteiger partial charge in [-0.1, -0.05) is 36.0 Å². The number of aryl methyl sites for hydroxylation is 1. The van der Waals surface area contributed by atoms with Crippen LogP contribution in [-0.2, 0) is 18.4 Å². The number of nitrogens with zero attached hydrogens (tertiary/aromatic N) is 3. The number of carbonyl (C=O) groups is 1. The van der Waals surface area contributed by atoms with Crippen LogP contribution in [0.4, 0.5) is 5.69 Å². The summed E-state index contributed by atoms with van der Waals surface area (Å²) in [6, 6.07) is 9.59. The van der Waals surface area contributed by atoms with Crippen molar-refractivity contribution in [1.29, 1.82) is 0 Å². The first kappa shape index (κ1) is 18.7. The average molecular weight is 391 g/mol. The van der Waals surface area contributed by atoms with Crippen LogP contribution in [0, 0.1) is 12.5 Å². The number of hydrogen-bond acceptors (Lipinski definition) is 5. The number of pyridine rings is 1. The van der Waals surface area contributed by atoms with Crippen molar-refractivity contribution in [2.75, 3.05) is 5.75 Å². The molecule has 0 radical (unpaired) electrons. The van der Waals surface area contributed by atoms with Gasteiger partial charge in [-0.25, -0.2) is 4.85 Å². The van der Waals surface area contributed by atoms with E-state index in [4.69, 9.17) is 17.3 Å². The van der Waals surface area contributed by atoms with Gasteiger partial charge < -0.3 is 5.73 Å². The minimum atomic E-state index is -0.324. The third-order valence-electron chi connectivity index (χ3n) is 5.82. The summed E-state index contributed by atoms with van der Waals surface area (Å²) in [6.45, 7) is 9.18. The second-order valence-electron chi connectivity index (χ2n) is 7.60. The summed E-state index contributed by atoms with van der Waals surface area (Å²) in [7, 11) is 0. The Morgan fingerprint density at radius 3 is 3.00 bits per heavy atom. The second kappa shape index (κ2) is 7.40. The summed E-state index contributed by atoms with van der Waals surface area (Å²) < 4.78 is 0. The molecule has 2 heterocycles. The van der Waals surface area contributed by atoms with Crippen LogP contribution >= 0.6 is 11.8 Å². The second-order valence-corrected chi connectivity index (χ2v) is 8.64. The van der Waals surface area contributed by atoms with Gasteiger partial charge in [-0.05, 0) is 54.9 Å². The Morgan fingerprint density at radius 1 is 1.39 bits per heavy atom. The number of carbonyl (C=O) groups excluding carboxylic acids is 1. The molecular formula is C22H22N4OS. The van der Waals surface area contributed by atoms with Crippen molar-refractivity contribution < 1.29 is 4.79 Å². The van der Waals surface area contributed by atoms with Crippen LogP contribution in [0.1, 0.15) is 46.9 Å². The van der Waals surface area contributed by atoms with Crippen molar-refractivity contribution in [2.45, 2.75) is 38.1 Å². The topological polar surface area (TPSA) is 72.7 Å². The van der Waals surface area contributed by atoms with Crippen molar-refractivity contribution >= 4 is 28.4 Å². The summed E-state index contributed by atoms with van der Waals surface area (Å²) in [4.78, 5) is 25.0. The van der Waals surface area contributed by atoms with E-state index in [0.717, 1.165) is 30.6 Å². The number of benzene rings is 1. The molecule has 28 heavy (non-hydrogen) atoms. The first-order valence-electron chi connectivity index (χ1n) is 9.47. The highest BCUT2D eigenvalue weighted by Gasteiger charge is 2.41. The van der Waals surface area contributed by atoms with Gasteiger partial charge >= 0.3 is 0 Å². The first-order valence-corrected chi connectivity index (χ1v) is 10.5. The number of Topliss-reactive ketones (excluding diaryl/α,β-unsaturated/α-hetero) is 1. The smallest absolute Gasteiger partial charge is 0.205 e. The van der Waals surface area contributed by atoms with Crippen LogP contribution in [0.15, 0.2) is 41.5 Å². The molecule has 1 aromatic heterocycles. The lowest BCUT2D eigenvalue weighted by atomic mass is 9.78. The Balaban J connectivity index is 1.66. The highest BCUT2D eigenvalue weighted by Crippen LogP contribution is 2.46. The molecule has 0 amide bonds. The third-order valence-corrected chi connectivity index (χ3v) is 6.77. The van der Waals surface area contributed by atoms with Gasteiger partial charge in [0.15, 0.2) is 11.0 Å². The third kappa shape index (κ3) is 3.43. The Kier molecular flexibility index (Phi) is 4.94. The fourth-order valence-corrected chi connectivity index (χ4v) is 5.32. The van der Waals surface area contributed by atoms with Crippen LogP contribution in [0.25, 0.3) is 4.85 Å². The predicted octanol–water partition coefficient (Wildman–Crippen LogP) is 4.29. The predicted molar refractivity (Wildman–Crippen MR) is 113 cm³/mol. The van der Waals surface area contributed by atoms with E-state index in [1.54, 1.807) is 23.9 Å². The minimum absolute atomic E-state index is 0.0472. The summed E-state index contributed by atoms with van der Waals surface area (Å²) in [5.41, 5.74) is 10.1. The van der Waals surface area contributed by atoms with Crippen LogP contribution in [0.2, 0.25) is 0 Å². The molecule has 1 aliphatic heterocycles. The Hall–Kier alpha value is -2.65. The van der Waals surface area contributed by atoms with Gasteiger partial charge in [-0.3, -0.25) is 14.8 Å². The molecule has 4 rings (SSSR count). The zero-order valence-corrected chi connectivity index (χ0v) is 16.6. The number of rotatable bonds is 3. The number of nitrogens with two attached hydrogens (primary N) is 1. The van der Waals surface area contributed by atoms with Crippen LogP contribution < -0.4 is 5.73 Å². The normalized spacial score (nSPS) is 23.6. The standard InChI is InChI=1S/C22H22N4OS/c1-22-16(13-28-21(23)26-22)5-3-4-15-7-6-14(10-18(15)22)11-20(27)19-9-8-17(24-2)12-25-19/h6-10,12,16H,3-5,11,13H2,1H3,(H2,23,26)/t16-,22+/m1/s1. The SMILES string of the molecule is [C-]#[N+]c1ccc(C(=O)Cc2ccc3c(c2)[C@@]2(C)N=C(N)SC[C@H]2CCC3)nc1. The lowest BCUT2D eigenvalue weighted by Crippen LogP contribution is -2.37. The molecule has 2 N–H and O–H groups in total. The fraction of sp³-hybridized carbons (Fsp3) is 0.364. The van der Waals surface area contributed by atoms with E-state index < -0.39 is 0 Å². The van der Waals surface area contributed by atoms with Gasteiger partial charge in [-0.15, -0.1) is 0 Å². The number of thioether (sulfide) groups is 1.